The molecule has 0 spiro atoms. The van der Waals surface area contributed by atoms with Gasteiger partial charge in [0, 0.05) is 16.0 Å². The summed E-state index contributed by atoms with van der Waals surface area (Å²) in [4.78, 5) is 20.2. The van der Waals surface area contributed by atoms with E-state index < -0.39 is 18.5 Å². The fourth-order valence-corrected chi connectivity index (χ4v) is 2.54. The summed E-state index contributed by atoms with van der Waals surface area (Å²) in [6.07, 6.45) is 0.469. The smallest absolute Gasteiger partial charge is 0.550 e. The van der Waals surface area contributed by atoms with Crippen LogP contribution in [0.15, 0.2) is 36.4 Å². The van der Waals surface area contributed by atoms with Crippen LogP contribution in [0.4, 0.5) is 0 Å². The van der Waals surface area contributed by atoms with Crippen molar-refractivity contribution in [2.24, 2.45) is 0 Å². The van der Waals surface area contributed by atoms with Crippen molar-refractivity contribution in [1.29, 1.82) is 0 Å². The zero-order valence-electron chi connectivity index (χ0n) is 17.5. The van der Waals surface area contributed by atoms with Crippen LogP contribution in [0.25, 0.3) is 0 Å². The summed E-state index contributed by atoms with van der Waals surface area (Å²) in [6, 6.07) is 10.3. The van der Waals surface area contributed by atoms with Gasteiger partial charge in [-0.3, -0.25) is 0 Å². The van der Waals surface area contributed by atoms with E-state index in [4.69, 9.17) is 32.7 Å². The molecule has 2 aromatic rings. The summed E-state index contributed by atoms with van der Waals surface area (Å²) >= 11 is 11.5. The Morgan fingerprint density at radius 2 is 1.30 bits per heavy atom. The summed E-state index contributed by atoms with van der Waals surface area (Å²) < 4.78 is 10.3. The van der Waals surface area contributed by atoms with Crippen molar-refractivity contribution in [3.63, 3.8) is 0 Å². The molecule has 0 unspecified atom stereocenters. The van der Waals surface area contributed by atoms with E-state index in [1.54, 1.807) is 43.3 Å². The van der Waals surface area contributed by atoms with Crippen LogP contribution in [0.5, 0.6) is 11.5 Å². The summed E-state index contributed by atoms with van der Waals surface area (Å²) in [7, 11) is 0. The maximum absolute atomic E-state index is 10.1. The van der Waals surface area contributed by atoms with Crippen molar-refractivity contribution in [1.82, 2.24) is 0 Å². The Balaban J connectivity index is 0. The first-order chi connectivity index (χ1) is 13.2. The summed E-state index contributed by atoms with van der Waals surface area (Å²) in [5.74, 6) is -1.05. The van der Waals surface area contributed by atoms with Crippen LogP contribution in [0.3, 0.4) is 0 Å². The Bertz CT molecular complexity index is 818. The first kappa shape index (κ1) is 31.7. The molecule has 30 heavy (non-hydrogen) atoms. The SMILES string of the molecule is Cc1cc(Cl)ccc1OCC(=O)[O-].Cc1cc(Cl)ccc1OCCCC(=O)[O-].[Na+].[Na+]. The van der Waals surface area contributed by atoms with E-state index >= 15 is 0 Å². The molecule has 152 valence electrons. The van der Waals surface area contributed by atoms with Crippen LogP contribution >= 0.6 is 23.2 Å². The largest absolute Gasteiger partial charge is 1.00 e. The Morgan fingerprint density at radius 3 is 1.70 bits per heavy atom. The molecular weight excluding hydrogens is 453 g/mol. The number of carboxylic acids is 2. The van der Waals surface area contributed by atoms with E-state index in [9.17, 15) is 19.8 Å². The van der Waals surface area contributed by atoms with Crippen LogP contribution in [0.1, 0.15) is 24.0 Å². The molecule has 0 aromatic heterocycles. The number of aryl methyl sites for hydroxylation is 2. The molecule has 0 saturated carbocycles. The zero-order chi connectivity index (χ0) is 21.1. The fourth-order valence-electron chi connectivity index (χ4n) is 2.08. The van der Waals surface area contributed by atoms with Crippen LogP contribution in [-0.4, -0.2) is 25.2 Å². The van der Waals surface area contributed by atoms with E-state index in [1.807, 2.05) is 6.92 Å². The Labute approximate surface area is 230 Å². The first-order valence-corrected chi connectivity index (χ1v) is 9.12. The topological polar surface area (TPSA) is 98.7 Å². The third-order valence-corrected chi connectivity index (χ3v) is 3.87. The standard InChI is InChI=1S/C11H13ClO3.C9H9ClO3.2Na/c1-8-7-9(12)4-5-10(8)15-6-2-3-11(13)14;1-6-4-7(10)2-3-8(6)13-5-9(11)12;;/h4-5,7H,2-3,6H2,1H3,(H,13,14);2-4H,5H2,1H3,(H,11,12);;/q;;2*+1/p-2. The van der Waals surface area contributed by atoms with Crippen molar-refractivity contribution in [3.8, 4) is 11.5 Å². The molecular formula is C20H20Cl2Na2O6. The maximum Gasteiger partial charge on any atom is 1.00 e. The molecule has 0 fully saturated rings. The van der Waals surface area contributed by atoms with Crippen molar-refractivity contribution < 1.29 is 88.4 Å². The maximum atomic E-state index is 10.1. The van der Waals surface area contributed by atoms with Gasteiger partial charge in [-0.2, -0.15) is 0 Å². The van der Waals surface area contributed by atoms with Gasteiger partial charge < -0.3 is 29.3 Å². The predicted molar refractivity (Wildman–Crippen MR) is 103 cm³/mol. The average Bonchev–Trinajstić information content (AvgIpc) is 2.59. The minimum atomic E-state index is -1.24. The number of ether oxygens (including phenoxy) is 2. The molecule has 0 saturated heterocycles. The van der Waals surface area contributed by atoms with Gasteiger partial charge in [0.25, 0.3) is 0 Å². The van der Waals surface area contributed by atoms with Crippen molar-refractivity contribution >= 4 is 35.1 Å². The summed E-state index contributed by atoms with van der Waals surface area (Å²) in [5.41, 5.74) is 1.74. The van der Waals surface area contributed by atoms with Crippen LogP contribution in [0, 0.1) is 13.8 Å². The molecule has 2 aromatic carbocycles. The summed E-state index contributed by atoms with van der Waals surface area (Å²) in [6.45, 7) is 3.61. The normalized spacial score (nSPS) is 9.20. The molecule has 0 aliphatic carbocycles. The van der Waals surface area contributed by atoms with Gasteiger partial charge in [-0.15, -0.1) is 0 Å². The van der Waals surface area contributed by atoms with Crippen molar-refractivity contribution in [3.05, 3.63) is 57.6 Å². The third kappa shape index (κ3) is 13.8. The Hall–Kier alpha value is -0.440. The van der Waals surface area contributed by atoms with Gasteiger partial charge in [-0.25, -0.2) is 0 Å². The van der Waals surface area contributed by atoms with Gasteiger partial charge in [-0.05, 0) is 74.2 Å². The van der Waals surface area contributed by atoms with Gasteiger partial charge in [0.05, 0.1) is 12.6 Å². The van der Waals surface area contributed by atoms with E-state index in [-0.39, 0.29) is 65.5 Å². The van der Waals surface area contributed by atoms with Gasteiger partial charge in [-0.1, -0.05) is 23.2 Å². The van der Waals surface area contributed by atoms with E-state index in [1.165, 1.54) is 0 Å². The Kier molecular flexibility index (Phi) is 18.2. The number of rotatable bonds is 8. The number of aliphatic carboxylic acids is 2. The molecule has 0 amide bonds. The second-order valence-electron chi connectivity index (χ2n) is 5.80. The molecule has 0 aliphatic rings. The molecule has 10 heteroatoms. The van der Waals surface area contributed by atoms with E-state index in [2.05, 4.69) is 0 Å². The van der Waals surface area contributed by atoms with Crippen LogP contribution in [-0.2, 0) is 9.59 Å². The number of carboxylic acid groups (broad SMARTS) is 2. The van der Waals surface area contributed by atoms with Crippen molar-refractivity contribution in [2.45, 2.75) is 26.7 Å². The average molecular weight is 473 g/mol. The molecule has 0 bridgehead atoms. The van der Waals surface area contributed by atoms with Gasteiger partial charge in [0.1, 0.15) is 18.1 Å². The number of hydrogen-bond acceptors (Lipinski definition) is 6. The number of carbonyl (C=O) groups is 2. The number of hydrogen-bond donors (Lipinski definition) is 0. The van der Waals surface area contributed by atoms with E-state index in [0.717, 1.165) is 16.9 Å². The molecule has 0 aliphatic heterocycles. The van der Waals surface area contributed by atoms with Crippen molar-refractivity contribution in [2.75, 3.05) is 13.2 Å². The van der Waals surface area contributed by atoms with E-state index in [0.29, 0.717) is 28.8 Å². The predicted octanol–water partition coefficient (Wildman–Crippen LogP) is -3.66. The molecule has 0 radical (unpaired) electrons. The summed E-state index contributed by atoms with van der Waals surface area (Å²) in [5, 5.41) is 21.5. The first-order valence-electron chi connectivity index (χ1n) is 8.36. The second-order valence-corrected chi connectivity index (χ2v) is 6.68. The third-order valence-electron chi connectivity index (χ3n) is 3.40. The van der Waals surface area contributed by atoms with Gasteiger partial charge >= 0.3 is 59.1 Å². The zero-order valence-corrected chi connectivity index (χ0v) is 23.0. The number of benzene rings is 2. The van der Waals surface area contributed by atoms with Gasteiger partial charge in [0.2, 0.25) is 0 Å². The minimum absolute atomic E-state index is 0. The minimum Gasteiger partial charge on any atom is -0.550 e. The quantitative estimate of drug-likeness (QED) is 0.290. The Morgan fingerprint density at radius 1 is 0.833 bits per heavy atom. The molecule has 0 heterocycles. The fraction of sp³-hybridized carbons (Fsp3) is 0.300. The molecule has 6 nitrogen and oxygen atoms in total. The second kappa shape index (κ2) is 17.2. The molecule has 0 atom stereocenters. The number of carbonyl (C=O) groups excluding carboxylic acids is 2. The molecule has 0 N–H and O–H groups in total. The molecule has 2 rings (SSSR count). The monoisotopic (exact) mass is 472 g/mol. The van der Waals surface area contributed by atoms with Gasteiger partial charge in [0.15, 0.2) is 0 Å². The van der Waals surface area contributed by atoms with Crippen LogP contribution in [0.2, 0.25) is 10.0 Å². The van der Waals surface area contributed by atoms with Crippen LogP contribution < -0.4 is 78.8 Å². The number of halogens is 2.